The maximum absolute atomic E-state index is 12.1. The summed E-state index contributed by atoms with van der Waals surface area (Å²) in [6.07, 6.45) is 0. The topological polar surface area (TPSA) is 92.9 Å². The Hall–Kier alpha value is -2.15. The van der Waals surface area contributed by atoms with E-state index in [4.69, 9.17) is 50.4 Å². The first-order valence-electron chi connectivity index (χ1n) is 7.41. The van der Waals surface area contributed by atoms with Crippen LogP contribution in [0.25, 0.3) is 0 Å². The average molecular weight is 418 g/mol. The van der Waals surface area contributed by atoms with Crippen LogP contribution in [0.2, 0.25) is 15.1 Å². The van der Waals surface area contributed by atoms with Gasteiger partial charge in [0.1, 0.15) is 12.4 Å². The number of ether oxygens (including phenoxy) is 1. The summed E-state index contributed by atoms with van der Waals surface area (Å²) in [6, 6.07) is 8.64. The average Bonchev–Trinajstić information content (AvgIpc) is 2.58. The molecule has 2 aromatic carbocycles. The number of hydrogen-bond donors (Lipinski definition) is 2. The molecule has 0 bridgehead atoms. The summed E-state index contributed by atoms with van der Waals surface area (Å²) in [5.41, 5.74) is 6.13. The summed E-state index contributed by atoms with van der Waals surface area (Å²) < 4.78 is 5.57. The third-order valence-corrected chi connectivity index (χ3v) is 4.66. The molecule has 2 aromatic rings. The lowest BCUT2D eigenvalue weighted by molar-refractivity contribution is -0.142. The van der Waals surface area contributed by atoms with E-state index >= 15 is 0 Å². The predicted octanol–water partition coefficient (Wildman–Crippen LogP) is 4.96. The molecule has 26 heavy (non-hydrogen) atoms. The number of rotatable bonds is 6. The number of halogens is 3. The molecule has 0 fully saturated rings. The first kappa shape index (κ1) is 20.2. The first-order valence-corrected chi connectivity index (χ1v) is 8.54. The lowest BCUT2D eigenvalue weighted by atomic mass is 10.2. The lowest BCUT2D eigenvalue weighted by Gasteiger charge is -2.24. The van der Waals surface area contributed by atoms with Gasteiger partial charge in [-0.3, -0.25) is 9.69 Å². The van der Waals surface area contributed by atoms with Crippen molar-refractivity contribution in [2.75, 3.05) is 11.5 Å². The van der Waals surface area contributed by atoms with E-state index in [0.717, 1.165) is 4.90 Å². The van der Waals surface area contributed by atoms with Gasteiger partial charge in [0.2, 0.25) is 0 Å². The zero-order valence-corrected chi connectivity index (χ0v) is 15.8. The molecule has 0 heterocycles. The van der Waals surface area contributed by atoms with Gasteiger partial charge in [-0.25, -0.2) is 4.79 Å². The summed E-state index contributed by atoms with van der Waals surface area (Å²) in [6.45, 7) is 1.43. The molecular weight excluding hydrogens is 403 g/mol. The molecule has 0 aliphatic rings. The zero-order valence-electron chi connectivity index (χ0n) is 13.6. The molecule has 0 aromatic heterocycles. The monoisotopic (exact) mass is 416 g/mol. The van der Waals surface area contributed by atoms with Crippen molar-refractivity contribution in [3.05, 3.63) is 51.5 Å². The summed E-state index contributed by atoms with van der Waals surface area (Å²) >= 11 is 18.0. The molecule has 0 saturated heterocycles. The lowest BCUT2D eigenvalue weighted by Crippen LogP contribution is -2.32. The van der Waals surface area contributed by atoms with Gasteiger partial charge in [0.25, 0.3) is 0 Å². The van der Waals surface area contributed by atoms with Crippen LogP contribution < -0.4 is 15.4 Å². The minimum absolute atomic E-state index is 0.0823. The molecule has 2 amide bonds. The normalized spacial score (nSPS) is 11.7. The van der Waals surface area contributed by atoms with Gasteiger partial charge in [-0.1, -0.05) is 46.9 Å². The Balaban J connectivity index is 2.46. The summed E-state index contributed by atoms with van der Waals surface area (Å²) in [4.78, 5) is 24.2. The van der Waals surface area contributed by atoms with E-state index in [1.54, 1.807) is 24.3 Å². The number of carbonyl (C=O) groups excluding carboxylic acids is 1. The Morgan fingerprint density at radius 2 is 1.77 bits per heavy atom. The van der Waals surface area contributed by atoms with E-state index in [-0.39, 0.29) is 27.4 Å². The van der Waals surface area contributed by atoms with Crippen molar-refractivity contribution >= 4 is 58.2 Å². The summed E-state index contributed by atoms with van der Waals surface area (Å²) in [5.74, 6) is -1.45. The fourth-order valence-corrected chi connectivity index (χ4v) is 2.69. The second-order valence-electron chi connectivity index (χ2n) is 5.42. The van der Waals surface area contributed by atoms with Crippen molar-refractivity contribution in [3.63, 3.8) is 0 Å². The molecule has 1 atom stereocenters. The van der Waals surface area contributed by atoms with Crippen LogP contribution in [0.1, 0.15) is 6.92 Å². The maximum Gasteiger partial charge on any atom is 0.324 e. The number of nitrogens with zero attached hydrogens (tertiary/aromatic N) is 1. The van der Waals surface area contributed by atoms with Crippen LogP contribution in [-0.4, -0.2) is 23.7 Å². The highest BCUT2D eigenvalue weighted by Crippen LogP contribution is 2.39. The third-order valence-electron chi connectivity index (χ3n) is 3.46. The Morgan fingerprint density at radius 3 is 2.31 bits per heavy atom. The van der Waals surface area contributed by atoms with Crippen LogP contribution in [0.15, 0.2) is 36.4 Å². The molecule has 0 aliphatic heterocycles. The Labute approximate surface area is 165 Å². The van der Waals surface area contributed by atoms with Crippen LogP contribution in [0.4, 0.5) is 16.2 Å². The quantitative estimate of drug-likeness (QED) is 0.649. The summed E-state index contributed by atoms with van der Waals surface area (Å²) in [7, 11) is 0. The predicted molar refractivity (Wildman–Crippen MR) is 102 cm³/mol. The second kappa shape index (κ2) is 8.49. The highest BCUT2D eigenvalue weighted by atomic mass is 35.5. The van der Waals surface area contributed by atoms with Gasteiger partial charge < -0.3 is 15.6 Å². The van der Waals surface area contributed by atoms with E-state index in [2.05, 4.69) is 0 Å². The standard InChI is InChI=1S/C17H15Cl3N2O4/c1-9(16(23)24)8-26-14-5-3-2-4-13(14)22(17(21)25)10-6-11(18)15(20)12(19)7-10/h2-7,9H,8H2,1H3,(H2,21,25)(H,23,24). The molecule has 9 heteroatoms. The molecule has 0 radical (unpaired) electrons. The molecule has 0 aliphatic carbocycles. The van der Waals surface area contributed by atoms with E-state index in [9.17, 15) is 9.59 Å². The smallest absolute Gasteiger partial charge is 0.324 e. The molecule has 0 saturated carbocycles. The Morgan fingerprint density at radius 1 is 1.19 bits per heavy atom. The number of anilines is 2. The number of hydrogen-bond acceptors (Lipinski definition) is 3. The van der Waals surface area contributed by atoms with Gasteiger partial charge in [0.05, 0.1) is 32.4 Å². The van der Waals surface area contributed by atoms with Crippen LogP contribution in [0.3, 0.4) is 0 Å². The van der Waals surface area contributed by atoms with Gasteiger partial charge in [-0.2, -0.15) is 0 Å². The number of benzene rings is 2. The van der Waals surface area contributed by atoms with Gasteiger partial charge in [0, 0.05) is 0 Å². The number of urea groups is 1. The van der Waals surface area contributed by atoms with Crippen LogP contribution in [-0.2, 0) is 4.79 Å². The SMILES string of the molecule is CC(COc1ccccc1N(C(N)=O)c1cc(Cl)c(Cl)c(Cl)c1)C(=O)O. The second-order valence-corrected chi connectivity index (χ2v) is 6.61. The number of carbonyl (C=O) groups is 2. The molecule has 0 spiro atoms. The van der Waals surface area contributed by atoms with Gasteiger partial charge in [-0.05, 0) is 31.2 Å². The van der Waals surface area contributed by atoms with Gasteiger partial charge in [-0.15, -0.1) is 0 Å². The molecule has 2 rings (SSSR count). The van der Waals surface area contributed by atoms with Crippen molar-refractivity contribution in [3.8, 4) is 5.75 Å². The van der Waals surface area contributed by atoms with Crippen LogP contribution >= 0.6 is 34.8 Å². The highest BCUT2D eigenvalue weighted by Gasteiger charge is 2.22. The number of para-hydroxylation sites is 2. The van der Waals surface area contributed by atoms with Crippen LogP contribution in [0.5, 0.6) is 5.75 Å². The van der Waals surface area contributed by atoms with Crippen molar-refractivity contribution in [1.82, 2.24) is 0 Å². The fourth-order valence-electron chi connectivity index (χ4n) is 2.11. The van der Waals surface area contributed by atoms with E-state index in [0.29, 0.717) is 11.4 Å². The van der Waals surface area contributed by atoms with E-state index in [1.165, 1.54) is 19.1 Å². The number of primary amides is 1. The highest BCUT2D eigenvalue weighted by molar-refractivity contribution is 6.48. The number of amides is 2. The summed E-state index contributed by atoms with van der Waals surface area (Å²) in [5, 5.41) is 9.44. The maximum atomic E-state index is 12.1. The molecule has 138 valence electrons. The third kappa shape index (κ3) is 4.52. The van der Waals surface area contributed by atoms with Gasteiger partial charge >= 0.3 is 12.0 Å². The Kier molecular flexibility index (Phi) is 6.58. The van der Waals surface area contributed by atoms with E-state index < -0.39 is 17.9 Å². The minimum Gasteiger partial charge on any atom is -0.490 e. The Bertz CT molecular complexity index is 822. The number of carboxylic acid groups (broad SMARTS) is 1. The minimum atomic E-state index is -0.995. The fraction of sp³-hybridized carbons (Fsp3) is 0.176. The first-order chi connectivity index (χ1) is 12.2. The number of carboxylic acids is 1. The van der Waals surface area contributed by atoms with E-state index in [1.807, 2.05) is 0 Å². The molecule has 1 unspecified atom stereocenters. The van der Waals surface area contributed by atoms with Gasteiger partial charge in [0.15, 0.2) is 0 Å². The van der Waals surface area contributed by atoms with Crippen molar-refractivity contribution in [2.24, 2.45) is 11.7 Å². The number of nitrogens with two attached hydrogens (primary N) is 1. The number of aliphatic carboxylic acids is 1. The largest absolute Gasteiger partial charge is 0.490 e. The van der Waals surface area contributed by atoms with Crippen LogP contribution in [0, 0.1) is 5.92 Å². The van der Waals surface area contributed by atoms with Crippen molar-refractivity contribution in [2.45, 2.75) is 6.92 Å². The molecule has 3 N–H and O–H groups in total. The van der Waals surface area contributed by atoms with Crippen molar-refractivity contribution < 1.29 is 19.4 Å². The van der Waals surface area contributed by atoms with Crippen molar-refractivity contribution in [1.29, 1.82) is 0 Å². The molecule has 6 nitrogen and oxygen atoms in total. The zero-order chi connectivity index (χ0) is 19.4. The molecular formula is C17H15Cl3N2O4.